The van der Waals surface area contributed by atoms with Crippen molar-refractivity contribution in [2.75, 3.05) is 6.61 Å². The van der Waals surface area contributed by atoms with E-state index in [0.717, 1.165) is 18.3 Å². The van der Waals surface area contributed by atoms with E-state index in [2.05, 4.69) is 6.07 Å². The van der Waals surface area contributed by atoms with Gasteiger partial charge in [-0.15, -0.1) is 0 Å². The van der Waals surface area contributed by atoms with Crippen molar-refractivity contribution >= 4 is 0 Å². The topological polar surface area (TPSA) is 33.0 Å². The van der Waals surface area contributed by atoms with Crippen LogP contribution in [-0.2, 0) is 0 Å². The molecule has 0 heterocycles. The van der Waals surface area contributed by atoms with Gasteiger partial charge in [0.05, 0.1) is 18.2 Å². The molecule has 1 aromatic rings. The van der Waals surface area contributed by atoms with Crippen molar-refractivity contribution in [3.63, 3.8) is 0 Å². The van der Waals surface area contributed by atoms with Gasteiger partial charge in [0.1, 0.15) is 5.75 Å². The zero-order chi connectivity index (χ0) is 10.5. The van der Waals surface area contributed by atoms with Crippen LogP contribution in [-0.4, -0.2) is 6.61 Å². The number of hydrogen-bond donors (Lipinski definition) is 0. The molecule has 1 fully saturated rings. The molecular weight excluding hydrogens is 186 g/mol. The maximum Gasteiger partial charge on any atom is 0.119 e. The number of hydrogen-bond acceptors (Lipinski definition) is 2. The van der Waals surface area contributed by atoms with Gasteiger partial charge in [-0.25, -0.2) is 0 Å². The van der Waals surface area contributed by atoms with Crippen molar-refractivity contribution in [3.05, 3.63) is 29.8 Å². The summed E-state index contributed by atoms with van der Waals surface area (Å²) >= 11 is 0. The standard InChI is InChI=1S/C13H15NO/c14-10-12-4-6-13(7-5-12)15-9-8-11-2-1-3-11/h4-7,11H,1-3,8-9H2. The lowest BCUT2D eigenvalue weighted by atomic mass is 9.83. The third-order valence-corrected chi connectivity index (χ3v) is 3.00. The Morgan fingerprint density at radius 2 is 2.00 bits per heavy atom. The fourth-order valence-electron chi connectivity index (χ4n) is 1.75. The fourth-order valence-corrected chi connectivity index (χ4v) is 1.75. The lowest BCUT2D eigenvalue weighted by molar-refractivity contribution is 0.222. The van der Waals surface area contributed by atoms with Crippen LogP contribution in [0.25, 0.3) is 0 Å². The zero-order valence-electron chi connectivity index (χ0n) is 8.78. The zero-order valence-corrected chi connectivity index (χ0v) is 8.78. The Morgan fingerprint density at radius 3 is 2.53 bits per heavy atom. The normalized spacial score (nSPS) is 15.4. The average Bonchev–Trinajstić information content (AvgIpc) is 2.23. The molecule has 0 aliphatic heterocycles. The van der Waals surface area contributed by atoms with Crippen molar-refractivity contribution in [2.45, 2.75) is 25.7 Å². The number of benzene rings is 1. The Bertz CT molecular complexity index is 346. The van der Waals surface area contributed by atoms with Gasteiger partial charge in [0.25, 0.3) is 0 Å². The second-order valence-electron chi connectivity index (χ2n) is 4.07. The average molecular weight is 201 g/mol. The van der Waals surface area contributed by atoms with Crippen LogP contribution < -0.4 is 4.74 Å². The van der Waals surface area contributed by atoms with Gasteiger partial charge in [-0.1, -0.05) is 19.3 Å². The summed E-state index contributed by atoms with van der Waals surface area (Å²) in [7, 11) is 0. The molecule has 1 aliphatic rings. The van der Waals surface area contributed by atoms with E-state index in [9.17, 15) is 0 Å². The van der Waals surface area contributed by atoms with E-state index in [4.69, 9.17) is 10.00 Å². The van der Waals surface area contributed by atoms with E-state index in [-0.39, 0.29) is 0 Å². The number of nitriles is 1. The maximum atomic E-state index is 8.63. The third-order valence-electron chi connectivity index (χ3n) is 3.00. The predicted octanol–water partition coefficient (Wildman–Crippen LogP) is 3.13. The minimum atomic E-state index is 0.682. The lowest BCUT2D eigenvalue weighted by Gasteiger charge is -2.24. The molecule has 2 heteroatoms. The van der Waals surface area contributed by atoms with Crippen LogP contribution in [0.3, 0.4) is 0 Å². The van der Waals surface area contributed by atoms with Gasteiger partial charge in [-0.2, -0.15) is 5.26 Å². The first-order chi connectivity index (χ1) is 7.38. The summed E-state index contributed by atoms with van der Waals surface area (Å²) in [4.78, 5) is 0. The second kappa shape index (κ2) is 4.84. The Balaban J connectivity index is 1.75. The van der Waals surface area contributed by atoms with Gasteiger partial charge in [-0.3, -0.25) is 0 Å². The highest BCUT2D eigenvalue weighted by Crippen LogP contribution is 2.29. The van der Waals surface area contributed by atoms with Gasteiger partial charge < -0.3 is 4.74 Å². The highest BCUT2D eigenvalue weighted by atomic mass is 16.5. The SMILES string of the molecule is N#Cc1ccc(OCCC2CCC2)cc1. The summed E-state index contributed by atoms with van der Waals surface area (Å²) < 4.78 is 5.60. The molecule has 0 unspecified atom stereocenters. The first-order valence-corrected chi connectivity index (χ1v) is 5.51. The van der Waals surface area contributed by atoms with Gasteiger partial charge in [0.15, 0.2) is 0 Å². The largest absolute Gasteiger partial charge is 0.494 e. The van der Waals surface area contributed by atoms with E-state index in [1.54, 1.807) is 12.1 Å². The molecule has 0 N–H and O–H groups in total. The molecule has 0 spiro atoms. The summed E-state index contributed by atoms with van der Waals surface area (Å²) in [6.07, 6.45) is 5.30. The van der Waals surface area contributed by atoms with Crippen LogP contribution >= 0.6 is 0 Å². The van der Waals surface area contributed by atoms with Crippen molar-refractivity contribution in [2.24, 2.45) is 5.92 Å². The fraction of sp³-hybridized carbons (Fsp3) is 0.462. The molecule has 1 saturated carbocycles. The van der Waals surface area contributed by atoms with E-state index in [0.29, 0.717) is 5.56 Å². The van der Waals surface area contributed by atoms with Crippen molar-refractivity contribution < 1.29 is 4.74 Å². The quantitative estimate of drug-likeness (QED) is 0.749. The van der Waals surface area contributed by atoms with Crippen LogP contribution in [0, 0.1) is 17.2 Å². The molecule has 0 amide bonds. The van der Waals surface area contributed by atoms with Crippen LogP contribution in [0.15, 0.2) is 24.3 Å². The van der Waals surface area contributed by atoms with E-state index in [1.165, 1.54) is 25.7 Å². The van der Waals surface area contributed by atoms with Crippen LogP contribution in [0.4, 0.5) is 0 Å². The third kappa shape index (κ3) is 2.73. The Morgan fingerprint density at radius 1 is 1.27 bits per heavy atom. The predicted molar refractivity (Wildman–Crippen MR) is 58.6 cm³/mol. The van der Waals surface area contributed by atoms with Crippen molar-refractivity contribution in [1.29, 1.82) is 5.26 Å². The maximum absolute atomic E-state index is 8.63. The van der Waals surface area contributed by atoms with E-state index < -0.39 is 0 Å². The van der Waals surface area contributed by atoms with Crippen LogP contribution in [0.5, 0.6) is 5.75 Å². The first-order valence-electron chi connectivity index (χ1n) is 5.51. The van der Waals surface area contributed by atoms with Gasteiger partial charge in [-0.05, 0) is 36.6 Å². The molecule has 15 heavy (non-hydrogen) atoms. The highest BCUT2D eigenvalue weighted by molar-refractivity contribution is 5.34. The van der Waals surface area contributed by atoms with Gasteiger partial charge >= 0.3 is 0 Å². The van der Waals surface area contributed by atoms with E-state index >= 15 is 0 Å². The van der Waals surface area contributed by atoms with E-state index in [1.807, 2.05) is 12.1 Å². The molecular formula is C13H15NO. The molecule has 2 nitrogen and oxygen atoms in total. The van der Waals surface area contributed by atoms with Crippen LogP contribution in [0.2, 0.25) is 0 Å². The smallest absolute Gasteiger partial charge is 0.119 e. The molecule has 0 radical (unpaired) electrons. The minimum Gasteiger partial charge on any atom is -0.494 e. The van der Waals surface area contributed by atoms with Gasteiger partial charge in [0.2, 0.25) is 0 Å². The molecule has 2 rings (SSSR count). The Labute approximate surface area is 90.5 Å². The molecule has 0 aromatic heterocycles. The van der Waals surface area contributed by atoms with Crippen molar-refractivity contribution in [1.82, 2.24) is 0 Å². The Hall–Kier alpha value is -1.49. The molecule has 1 aromatic carbocycles. The monoisotopic (exact) mass is 201 g/mol. The van der Waals surface area contributed by atoms with Gasteiger partial charge in [0, 0.05) is 0 Å². The summed E-state index contributed by atoms with van der Waals surface area (Å²) in [5, 5.41) is 8.63. The molecule has 78 valence electrons. The minimum absolute atomic E-state index is 0.682. The van der Waals surface area contributed by atoms with Crippen LogP contribution in [0.1, 0.15) is 31.2 Å². The van der Waals surface area contributed by atoms with Crippen molar-refractivity contribution in [3.8, 4) is 11.8 Å². The molecule has 0 bridgehead atoms. The molecule has 0 saturated heterocycles. The number of rotatable bonds is 4. The summed E-state index contributed by atoms with van der Waals surface area (Å²) in [5.41, 5.74) is 0.682. The highest BCUT2D eigenvalue weighted by Gasteiger charge is 2.16. The number of ether oxygens (including phenoxy) is 1. The summed E-state index contributed by atoms with van der Waals surface area (Å²) in [5.74, 6) is 1.76. The Kier molecular flexibility index (Phi) is 3.24. The lowest BCUT2D eigenvalue weighted by Crippen LogP contribution is -2.14. The number of nitrogens with zero attached hydrogens (tertiary/aromatic N) is 1. The first kappa shape index (κ1) is 10.0. The molecule has 0 atom stereocenters. The summed E-state index contributed by atoms with van der Waals surface area (Å²) in [6, 6.07) is 9.39. The second-order valence-corrected chi connectivity index (χ2v) is 4.07. The summed E-state index contributed by atoms with van der Waals surface area (Å²) in [6.45, 7) is 0.802. The molecule has 1 aliphatic carbocycles.